The lowest BCUT2D eigenvalue weighted by Gasteiger charge is -2.31. The van der Waals surface area contributed by atoms with Crippen LogP contribution in [-0.4, -0.2) is 44.4 Å². The summed E-state index contributed by atoms with van der Waals surface area (Å²) < 4.78 is 28.7. The maximum absolute atomic E-state index is 12.7. The molecule has 3 rings (SSSR count). The number of carbonyl (C=O) groups is 2. The maximum atomic E-state index is 12.7. The van der Waals surface area contributed by atoms with Gasteiger partial charge in [0.15, 0.2) is 0 Å². The highest BCUT2D eigenvalue weighted by Gasteiger charge is 2.27. The molecular weight excluding hydrogens is 344 g/mol. The van der Waals surface area contributed by atoms with E-state index in [4.69, 9.17) is 0 Å². The number of nitrogens with zero attached hydrogens (tertiary/aromatic N) is 2. The van der Waals surface area contributed by atoms with E-state index in [2.05, 4.69) is 21.0 Å². The van der Waals surface area contributed by atoms with Gasteiger partial charge in [-0.25, -0.2) is 0 Å². The molecule has 25 heavy (non-hydrogen) atoms. The van der Waals surface area contributed by atoms with E-state index in [0.29, 0.717) is 35.5 Å². The number of hydrogen-bond donors (Lipinski definition) is 2. The van der Waals surface area contributed by atoms with E-state index in [9.17, 15) is 18.0 Å². The van der Waals surface area contributed by atoms with Gasteiger partial charge in [0.1, 0.15) is 0 Å². The van der Waals surface area contributed by atoms with E-state index in [1.165, 1.54) is 6.21 Å². The fraction of sp³-hybridized carbons (Fsp3) is 0.188. The van der Waals surface area contributed by atoms with E-state index >= 15 is 0 Å². The Labute approximate surface area is 145 Å². The molecule has 0 aliphatic carbocycles. The van der Waals surface area contributed by atoms with Crippen LogP contribution in [0.5, 0.6) is 0 Å². The maximum Gasteiger partial charge on any atom is 0.341 e. The van der Waals surface area contributed by atoms with Crippen LogP contribution in [0.4, 0.5) is 5.69 Å². The lowest BCUT2D eigenvalue weighted by Crippen LogP contribution is -2.41. The first-order valence-corrected chi connectivity index (χ1v) is 8.95. The summed E-state index contributed by atoms with van der Waals surface area (Å²) in [5.41, 5.74) is 2.18. The molecule has 8 nitrogen and oxygen atoms in total. The van der Waals surface area contributed by atoms with Crippen molar-refractivity contribution in [2.24, 2.45) is 4.40 Å². The third-order valence-electron chi connectivity index (χ3n) is 3.83. The average Bonchev–Trinajstić information content (AvgIpc) is 2.60. The molecule has 2 heterocycles. The number of anilines is 1. The third-order valence-corrected chi connectivity index (χ3v) is 4.72. The number of amides is 2. The Morgan fingerprint density at radius 1 is 1.36 bits per heavy atom. The van der Waals surface area contributed by atoms with Gasteiger partial charge in [-0.05, 0) is 24.3 Å². The summed E-state index contributed by atoms with van der Waals surface area (Å²) >= 11 is 0. The molecule has 0 spiro atoms. The Hall–Kier alpha value is -2.94. The highest BCUT2D eigenvalue weighted by atomic mass is 32.2. The van der Waals surface area contributed by atoms with E-state index in [1.54, 1.807) is 29.2 Å². The second kappa shape index (κ2) is 6.52. The highest BCUT2D eigenvalue weighted by Crippen LogP contribution is 2.21. The molecule has 0 saturated heterocycles. The number of nitrogens with one attached hydrogen (secondary N) is 2. The molecule has 0 unspecified atom stereocenters. The quantitative estimate of drug-likeness (QED) is 0.778. The van der Waals surface area contributed by atoms with Gasteiger partial charge < -0.3 is 10.2 Å². The van der Waals surface area contributed by atoms with Gasteiger partial charge in [-0.15, -0.1) is 0 Å². The molecule has 2 amide bonds. The minimum absolute atomic E-state index is 0.205. The second-order valence-electron chi connectivity index (χ2n) is 5.57. The van der Waals surface area contributed by atoms with Crippen LogP contribution in [-0.2, 0) is 15.0 Å². The lowest BCUT2D eigenvalue weighted by molar-refractivity contribution is -0.111. The first-order valence-electron chi connectivity index (χ1n) is 7.51. The fourth-order valence-electron chi connectivity index (χ4n) is 2.62. The molecule has 0 bridgehead atoms. The smallest absolute Gasteiger partial charge is 0.334 e. The van der Waals surface area contributed by atoms with Crippen molar-refractivity contribution in [3.63, 3.8) is 0 Å². The predicted octanol–water partition coefficient (Wildman–Crippen LogP) is 0.830. The van der Waals surface area contributed by atoms with Crippen molar-refractivity contribution in [2.75, 3.05) is 18.4 Å². The van der Waals surface area contributed by atoms with Gasteiger partial charge in [-0.3, -0.25) is 14.3 Å². The zero-order valence-electron chi connectivity index (χ0n) is 13.2. The fourth-order valence-corrected chi connectivity index (χ4v) is 3.48. The topological polar surface area (TPSA) is 108 Å². The zero-order chi connectivity index (χ0) is 18.0. The molecule has 2 aliphatic heterocycles. The van der Waals surface area contributed by atoms with Crippen molar-refractivity contribution >= 4 is 33.9 Å². The molecule has 9 heteroatoms. The third kappa shape index (κ3) is 3.77. The molecular formula is C16H16N4O4S. The second-order valence-corrected chi connectivity index (χ2v) is 6.93. The van der Waals surface area contributed by atoms with Crippen molar-refractivity contribution in [1.82, 2.24) is 9.62 Å². The molecule has 0 saturated carbocycles. The van der Waals surface area contributed by atoms with Crippen molar-refractivity contribution < 1.29 is 18.0 Å². The monoisotopic (exact) mass is 360 g/mol. The molecule has 2 N–H and O–H groups in total. The van der Waals surface area contributed by atoms with Gasteiger partial charge in [-0.1, -0.05) is 12.6 Å². The SMILES string of the molecule is C=CC(=O)Nc1cccc(C(=O)N2CCC3=C(C=NS(=O)(=O)N3)C2)c1. The molecule has 1 aromatic carbocycles. The molecule has 130 valence electrons. The summed E-state index contributed by atoms with van der Waals surface area (Å²) in [5, 5.41) is 2.61. The van der Waals surface area contributed by atoms with Crippen molar-refractivity contribution in [3.8, 4) is 0 Å². The van der Waals surface area contributed by atoms with Gasteiger partial charge in [0, 0.05) is 48.2 Å². The van der Waals surface area contributed by atoms with Crippen molar-refractivity contribution in [1.29, 1.82) is 0 Å². The summed E-state index contributed by atoms with van der Waals surface area (Å²) in [7, 11) is -3.65. The first kappa shape index (κ1) is 16.9. The van der Waals surface area contributed by atoms with Gasteiger partial charge in [0.2, 0.25) is 5.91 Å². The van der Waals surface area contributed by atoms with Crippen LogP contribution in [0.15, 0.2) is 52.6 Å². The minimum atomic E-state index is -3.65. The first-order chi connectivity index (χ1) is 11.9. The predicted molar refractivity (Wildman–Crippen MR) is 93.4 cm³/mol. The number of rotatable bonds is 3. The number of carbonyl (C=O) groups excluding carboxylic acids is 2. The summed E-state index contributed by atoms with van der Waals surface area (Å²) in [4.78, 5) is 25.7. The van der Waals surface area contributed by atoms with E-state index in [1.807, 2.05) is 0 Å². The average molecular weight is 360 g/mol. The van der Waals surface area contributed by atoms with Crippen LogP contribution in [0.1, 0.15) is 16.8 Å². The molecule has 0 radical (unpaired) electrons. The van der Waals surface area contributed by atoms with Crippen molar-refractivity contribution in [2.45, 2.75) is 6.42 Å². The highest BCUT2D eigenvalue weighted by molar-refractivity contribution is 7.88. The van der Waals surface area contributed by atoms with Crippen LogP contribution >= 0.6 is 0 Å². The molecule has 0 aromatic heterocycles. The van der Waals surface area contributed by atoms with E-state index < -0.39 is 10.2 Å². The standard InChI is InChI=1S/C16H16N4O4S/c1-2-15(21)18-13-5-3-4-11(8-13)16(22)20-7-6-14-12(10-20)9-17-25(23,24)19-14/h2-5,8-9,19H,1,6-7,10H2,(H,18,21). The molecule has 0 atom stereocenters. The van der Waals surface area contributed by atoms with E-state index in [-0.39, 0.29) is 18.4 Å². The summed E-state index contributed by atoms with van der Waals surface area (Å²) in [6.45, 7) is 4.04. The van der Waals surface area contributed by atoms with E-state index in [0.717, 1.165) is 6.08 Å². The molecule has 1 aromatic rings. The normalized spacial score (nSPS) is 18.2. The number of hydrogen-bond acceptors (Lipinski definition) is 4. The number of benzene rings is 1. The Kier molecular flexibility index (Phi) is 4.41. The van der Waals surface area contributed by atoms with Crippen LogP contribution in [0.25, 0.3) is 0 Å². The molecule has 0 fully saturated rings. The van der Waals surface area contributed by atoms with Crippen LogP contribution < -0.4 is 10.0 Å². The van der Waals surface area contributed by atoms with Gasteiger partial charge >= 0.3 is 10.2 Å². The molecule has 2 aliphatic rings. The summed E-state index contributed by atoms with van der Waals surface area (Å²) in [6.07, 6.45) is 2.83. The van der Waals surface area contributed by atoms with Crippen LogP contribution in [0.2, 0.25) is 0 Å². The van der Waals surface area contributed by atoms with Gasteiger partial charge in [0.05, 0.1) is 0 Å². The zero-order valence-corrected chi connectivity index (χ0v) is 14.0. The Balaban J connectivity index is 1.76. The lowest BCUT2D eigenvalue weighted by atomic mass is 10.1. The van der Waals surface area contributed by atoms with Gasteiger partial charge in [-0.2, -0.15) is 12.8 Å². The largest absolute Gasteiger partial charge is 0.341 e. The van der Waals surface area contributed by atoms with Crippen LogP contribution in [0.3, 0.4) is 0 Å². The van der Waals surface area contributed by atoms with Crippen LogP contribution in [0, 0.1) is 0 Å². The van der Waals surface area contributed by atoms with Gasteiger partial charge in [0.25, 0.3) is 5.91 Å². The Morgan fingerprint density at radius 3 is 2.92 bits per heavy atom. The Bertz CT molecular complexity index is 918. The summed E-state index contributed by atoms with van der Waals surface area (Å²) in [5.74, 6) is -0.564. The Morgan fingerprint density at radius 2 is 2.16 bits per heavy atom. The van der Waals surface area contributed by atoms with Crippen molar-refractivity contribution in [3.05, 3.63) is 53.8 Å². The summed E-state index contributed by atoms with van der Waals surface area (Å²) in [6, 6.07) is 6.60. The minimum Gasteiger partial charge on any atom is -0.334 e.